The van der Waals surface area contributed by atoms with Gasteiger partial charge in [-0.2, -0.15) is 0 Å². The molecule has 5 atom stereocenters. The minimum Gasteiger partial charge on any atom is -0.480 e. The van der Waals surface area contributed by atoms with Gasteiger partial charge in [0, 0.05) is 12.7 Å². The van der Waals surface area contributed by atoms with Gasteiger partial charge in [0.2, 0.25) is 0 Å². The zero-order valence-electron chi connectivity index (χ0n) is 12.5. The number of rotatable bonds is 6. The van der Waals surface area contributed by atoms with E-state index < -0.39 is 54.3 Å². The van der Waals surface area contributed by atoms with Crippen LogP contribution in [0.25, 0.3) is 0 Å². The van der Waals surface area contributed by atoms with Gasteiger partial charge >= 0.3 is 11.7 Å². The SMILES string of the molecule is NC(CCn1c(=O)[nH]cc([C@@H]2O[C@H](CO)C(O)C2O)c1=O)C(=O)O. The van der Waals surface area contributed by atoms with E-state index in [1.54, 1.807) is 0 Å². The summed E-state index contributed by atoms with van der Waals surface area (Å²) in [7, 11) is 0. The summed E-state index contributed by atoms with van der Waals surface area (Å²) in [5.74, 6) is -1.26. The van der Waals surface area contributed by atoms with Gasteiger partial charge in [0.1, 0.15) is 30.5 Å². The van der Waals surface area contributed by atoms with Crippen molar-refractivity contribution in [1.29, 1.82) is 0 Å². The van der Waals surface area contributed by atoms with Gasteiger partial charge in [-0.05, 0) is 6.42 Å². The first kappa shape index (κ1) is 18.3. The summed E-state index contributed by atoms with van der Waals surface area (Å²) in [6, 6.07) is -1.24. The third-order valence-corrected chi connectivity index (χ3v) is 3.92. The molecule has 1 aliphatic heterocycles. The van der Waals surface area contributed by atoms with Gasteiger partial charge in [0.25, 0.3) is 5.56 Å². The van der Waals surface area contributed by atoms with Crippen LogP contribution in [0.1, 0.15) is 18.1 Å². The molecule has 0 bridgehead atoms. The van der Waals surface area contributed by atoms with Crippen molar-refractivity contribution < 1.29 is 30.0 Å². The number of ether oxygens (including phenoxy) is 1. The molecule has 0 spiro atoms. The standard InChI is InChI=1S/C13H19N3O8/c14-6(12(21)22)1-2-16-11(20)5(3-15-13(16)23)10-9(19)8(18)7(4-17)24-10/h3,6-10,17-19H,1-2,4,14H2,(H,15,23)(H,21,22)/t6?,7-,8?,9?,10+/m1/s1. The van der Waals surface area contributed by atoms with Crippen molar-refractivity contribution in [1.82, 2.24) is 9.55 Å². The van der Waals surface area contributed by atoms with E-state index in [0.717, 1.165) is 10.8 Å². The molecule has 1 aliphatic rings. The number of nitrogens with zero attached hydrogens (tertiary/aromatic N) is 1. The summed E-state index contributed by atoms with van der Waals surface area (Å²) in [6.07, 6.45) is -4.25. The average molecular weight is 345 g/mol. The van der Waals surface area contributed by atoms with E-state index in [0.29, 0.717) is 0 Å². The van der Waals surface area contributed by atoms with Crippen LogP contribution in [0.4, 0.5) is 0 Å². The normalized spacial score (nSPS) is 28.0. The van der Waals surface area contributed by atoms with Gasteiger partial charge in [-0.1, -0.05) is 0 Å². The molecule has 11 nitrogen and oxygen atoms in total. The fourth-order valence-electron chi connectivity index (χ4n) is 2.48. The molecular formula is C13H19N3O8. The lowest BCUT2D eigenvalue weighted by Crippen LogP contribution is -2.41. The number of carboxylic acid groups (broad SMARTS) is 1. The Labute approximate surface area is 134 Å². The number of hydrogen-bond donors (Lipinski definition) is 6. The molecule has 2 rings (SSSR count). The number of aromatic amines is 1. The van der Waals surface area contributed by atoms with Crippen LogP contribution in [0, 0.1) is 0 Å². The van der Waals surface area contributed by atoms with E-state index in [9.17, 15) is 24.6 Å². The molecule has 0 aromatic carbocycles. The summed E-state index contributed by atoms with van der Waals surface area (Å²) in [5.41, 5.74) is 3.65. The molecule has 1 saturated heterocycles. The van der Waals surface area contributed by atoms with Crippen molar-refractivity contribution in [2.24, 2.45) is 5.73 Å². The van der Waals surface area contributed by atoms with Crippen molar-refractivity contribution in [2.75, 3.05) is 6.61 Å². The van der Waals surface area contributed by atoms with E-state index >= 15 is 0 Å². The predicted molar refractivity (Wildman–Crippen MR) is 78.3 cm³/mol. The summed E-state index contributed by atoms with van der Waals surface area (Å²) in [6.45, 7) is -0.802. The summed E-state index contributed by atoms with van der Waals surface area (Å²) < 4.78 is 6.00. The highest BCUT2D eigenvalue weighted by molar-refractivity contribution is 5.72. The number of nitrogens with two attached hydrogens (primary N) is 1. The minimum atomic E-state index is -1.46. The number of aliphatic hydroxyl groups is 3. The van der Waals surface area contributed by atoms with E-state index in [-0.39, 0.29) is 18.5 Å². The maximum Gasteiger partial charge on any atom is 0.328 e. The number of nitrogens with one attached hydrogen (secondary N) is 1. The lowest BCUT2D eigenvalue weighted by molar-refractivity contribution is -0.138. The van der Waals surface area contributed by atoms with Crippen LogP contribution in [0.2, 0.25) is 0 Å². The molecule has 7 N–H and O–H groups in total. The van der Waals surface area contributed by atoms with E-state index in [1.165, 1.54) is 0 Å². The van der Waals surface area contributed by atoms with Crippen LogP contribution in [0.3, 0.4) is 0 Å². The summed E-state index contributed by atoms with van der Waals surface area (Å²) in [5, 5.41) is 37.5. The van der Waals surface area contributed by atoms with Gasteiger partial charge in [-0.25, -0.2) is 4.79 Å². The first-order chi connectivity index (χ1) is 11.3. The number of carboxylic acids is 1. The van der Waals surface area contributed by atoms with Crippen molar-refractivity contribution in [2.45, 2.75) is 43.4 Å². The molecule has 1 aromatic heterocycles. The topological polar surface area (TPSA) is 188 Å². The molecule has 2 heterocycles. The highest BCUT2D eigenvalue weighted by Gasteiger charge is 2.44. The molecule has 24 heavy (non-hydrogen) atoms. The first-order valence-corrected chi connectivity index (χ1v) is 7.21. The van der Waals surface area contributed by atoms with Crippen LogP contribution in [0.5, 0.6) is 0 Å². The first-order valence-electron chi connectivity index (χ1n) is 7.21. The largest absolute Gasteiger partial charge is 0.480 e. The lowest BCUT2D eigenvalue weighted by atomic mass is 10.0. The van der Waals surface area contributed by atoms with Gasteiger partial charge in [-0.3, -0.25) is 14.2 Å². The number of carbonyl (C=O) groups is 1. The Hall–Kier alpha value is -2.05. The monoisotopic (exact) mass is 345 g/mol. The number of hydrogen-bond acceptors (Lipinski definition) is 8. The summed E-state index contributed by atoms with van der Waals surface area (Å²) in [4.78, 5) is 37.2. The molecule has 134 valence electrons. The van der Waals surface area contributed by atoms with Crippen LogP contribution < -0.4 is 17.0 Å². The Kier molecular flexibility index (Phi) is 5.51. The third-order valence-electron chi connectivity index (χ3n) is 3.92. The van der Waals surface area contributed by atoms with E-state index in [2.05, 4.69) is 4.98 Å². The Balaban J connectivity index is 2.30. The third kappa shape index (κ3) is 3.39. The Morgan fingerprint density at radius 3 is 2.58 bits per heavy atom. The smallest absolute Gasteiger partial charge is 0.328 e. The second-order valence-corrected chi connectivity index (χ2v) is 5.50. The lowest BCUT2D eigenvalue weighted by Gasteiger charge is -2.15. The Morgan fingerprint density at radius 2 is 2.04 bits per heavy atom. The zero-order valence-corrected chi connectivity index (χ0v) is 12.5. The van der Waals surface area contributed by atoms with Crippen molar-refractivity contribution in [3.05, 3.63) is 32.6 Å². The molecule has 0 amide bonds. The van der Waals surface area contributed by atoms with Crippen LogP contribution in [0.15, 0.2) is 15.8 Å². The highest BCUT2D eigenvalue weighted by atomic mass is 16.6. The van der Waals surface area contributed by atoms with E-state index in [4.69, 9.17) is 20.7 Å². The molecule has 1 fully saturated rings. The average Bonchev–Trinajstić information content (AvgIpc) is 2.82. The molecule has 0 saturated carbocycles. The second-order valence-electron chi connectivity index (χ2n) is 5.50. The van der Waals surface area contributed by atoms with Gasteiger partial charge in [0.15, 0.2) is 0 Å². The highest BCUT2D eigenvalue weighted by Crippen LogP contribution is 2.31. The fraction of sp³-hybridized carbons (Fsp3) is 0.615. The second kappa shape index (κ2) is 7.23. The maximum atomic E-state index is 12.4. The number of aliphatic hydroxyl groups excluding tert-OH is 3. The van der Waals surface area contributed by atoms with Crippen LogP contribution in [-0.4, -0.2) is 66.9 Å². The van der Waals surface area contributed by atoms with Crippen LogP contribution in [-0.2, 0) is 16.1 Å². The minimum absolute atomic E-state index is 0.124. The molecule has 1 aromatic rings. The zero-order chi connectivity index (χ0) is 18.0. The fourth-order valence-corrected chi connectivity index (χ4v) is 2.48. The van der Waals surface area contributed by atoms with Gasteiger partial charge in [-0.15, -0.1) is 0 Å². The number of aliphatic carboxylic acids is 1. The van der Waals surface area contributed by atoms with Gasteiger partial charge < -0.3 is 35.9 Å². The predicted octanol–water partition coefficient (Wildman–Crippen LogP) is -3.51. The maximum absolute atomic E-state index is 12.4. The molecule has 11 heteroatoms. The summed E-state index contributed by atoms with van der Waals surface area (Å²) >= 11 is 0. The molecular weight excluding hydrogens is 326 g/mol. The van der Waals surface area contributed by atoms with Crippen molar-refractivity contribution >= 4 is 5.97 Å². The molecule has 0 aliphatic carbocycles. The Bertz CT molecular complexity index is 714. The van der Waals surface area contributed by atoms with E-state index in [1.807, 2.05) is 0 Å². The van der Waals surface area contributed by atoms with Crippen molar-refractivity contribution in [3.63, 3.8) is 0 Å². The molecule has 3 unspecified atom stereocenters. The van der Waals surface area contributed by atoms with Crippen molar-refractivity contribution in [3.8, 4) is 0 Å². The number of aromatic nitrogens is 2. The quantitative estimate of drug-likeness (QED) is 0.304. The number of H-pyrrole nitrogens is 1. The van der Waals surface area contributed by atoms with Gasteiger partial charge in [0.05, 0.1) is 12.2 Å². The molecule has 0 radical (unpaired) electrons. The Morgan fingerprint density at radius 1 is 1.38 bits per heavy atom. The van der Waals surface area contributed by atoms with Crippen LogP contribution >= 0.6 is 0 Å².